The van der Waals surface area contributed by atoms with Crippen LogP contribution in [0.2, 0.25) is 0 Å². The van der Waals surface area contributed by atoms with E-state index >= 15 is 0 Å². The molecule has 2 heterocycles. The van der Waals surface area contributed by atoms with Gasteiger partial charge in [-0.05, 0) is 42.9 Å². The van der Waals surface area contributed by atoms with E-state index < -0.39 is 7.12 Å². The Morgan fingerprint density at radius 3 is 2.61 bits per heavy atom. The smallest absolute Gasteiger partial charge is 0.423 e. The van der Waals surface area contributed by atoms with E-state index in [2.05, 4.69) is 27.2 Å². The van der Waals surface area contributed by atoms with Crippen LogP contribution in [-0.4, -0.2) is 38.2 Å². The highest BCUT2D eigenvalue weighted by atomic mass is 16.4. The first-order valence-electron chi connectivity index (χ1n) is 9.30. The van der Waals surface area contributed by atoms with Gasteiger partial charge in [0, 0.05) is 18.3 Å². The molecule has 3 N–H and O–H groups in total. The van der Waals surface area contributed by atoms with Gasteiger partial charge in [-0.3, -0.25) is 0 Å². The van der Waals surface area contributed by atoms with Crippen molar-refractivity contribution in [2.45, 2.75) is 32.9 Å². The maximum Gasteiger partial charge on any atom is 0.488 e. The number of rotatable bonds is 5. The molecule has 0 bridgehead atoms. The second kappa shape index (κ2) is 7.57. The van der Waals surface area contributed by atoms with Gasteiger partial charge in [-0.2, -0.15) is 15.0 Å². The summed E-state index contributed by atoms with van der Waals surface area (Å²) in [6.07, 6.45) is 0.695. The number of nitrogens with zero attached hydrogens (tertiary/aromatic N) is 4. The van der Waals surface area contributed by atoms with Crippen LogP contribution in [0.3, 0.4) is 0 Å². The Bertz CT molecular complexity index is 984. The molecule has 142 valence electrons. The molecule has 1 aliphatic rings. The molecule has 0 saturated heterocycles. The van der Waals surface area contributed by atoms with Crippen LogP contribution in [-0.2, 0) is 13.0 Å². The summed E-state index contributed by atoms with van der Waals surface area (Å²) in [4.78, 5) is 15.6. The molecule has 0 saturated carbocycles. The van der Waals surface area contributed by atoms with E-state index in [1.165, 1.54) is 0 Å². The first-order chi connectivity index (χ1) is 13.5. The fourth-order valence-electron chi connectivity index (χ4n) is 3.64. The Balaban J connectivity index is 1.65. The lowest BCUT2D eigenvalue weighted by Crippen LogP contribution is -2.32. The van der Waals surface area contributed by atoms with Crippen molar-refractivity contribution < 1.29 is 10.0 Å². The fourth-order valence-corrected chi connectivity index (χ4v) is 3.64. The van der Waals surface area contributed by atoms with Crippen molar-refractivity contribution in [3.63, 3.8) is 0 Å². The lowest BCUT2D eigenvalue weighted by Gasteiger charge is -2.23. The van der Waals surface area contributed by atoms with E-state index in [4.69, 9.17) is 0 Å². The van der Waals surface area contributed by atoms with Crippen LogP contribution in [0.4, 0.5) is 17.6 Å². The number of anilines is 3. The highest BCUT2D eigenvalue weighted by Crippen LogP contribution is 2.36. The third-order valence-corrected chi connectivity index (χ3v) is 4.91. The molecule has 7 nitrogen and oxygen atoms in total. The predicted molar refractivity (Wildman–Crippen MR) is 110 cm³/mol. The SMILES string of the molecule is Cc1nc(NCc2ccccc2)nc(N2c3cccc(B(O)O)c3CC2C)n1. The fraction of sp³-hybridized carbons (Fsp3) is 0.250. The summed E-state index contributed by atoms with van der Waals surface area (Å²) in [5.41, 5.74) is 3.49. The van der Waals surface area contributed by atoms with Crippen LogP contribution >= 0.6 is 0 Å². The number of benzene rings is 2. The summed E-state index contributed by atoms with van der Waals surface area (Å²) < 4.78 is 0. The summed E-state index contributed by atoms with van der Waals surface area (Å²) in [6, 6.07) is 15.7. The van der Waals surface area contributed by atoms with Crippen LogP contribution < -0.4 is 15.7 Å². The summed E-state index contributed by atoms with van der Waals surface area (Å²) in [5.74, 6) is 1.70. The minimum absolute atomic E-state index is 0.0960. The van der Waals surface area contributed by atoms with Crippen LogP contribution in [0.15, 0.2) is 48.5 Å². The maximum absolute atomic E-state index is 9.68. The van der Waals surface area contributed by atoms with Crippen molar-refractivity contribution in [1.82, 2.24) is 15.0 Å². The molecule has 0 fully saturated rings. The van der Waals surface area contributed by atoms with Crippen LogP contribution in [0, 0.1) is 6.92 Å². The molecule has 3 aromatic rings. The lowest BCUT2D eigenvalue weighted by molar-refractivity contribution is 0.425. The van der Waals surface area contributed by atoms with Gasteiger partial charge in [0.05, 0.1) is 0 Å². The molecular weight excluding hydrogens is 353 g/mol. The predicted octanol–water partition coefficient (Wildman–Crippen LogP) is 1.55. The van der Waals surface area contributed by atoms with E-state index in [1.807, 2.05) is 54.3 Å². The van der Waals surface area contributed by atoms with Gasteiger partial charge in [0.1, 0.15) is 5.82 Å². The Morgan fingerprint density at radius 1 is 1.07 bits per heavy atom. The lowest BCUT2D eigenvalue weighted by atomic mass is 9.76. The van der Waals surface area contributed by atoms with Crippen molar-refractivity contribution in [3.8, 4) is 0 Å². The quantitative estimate of drug-likeness (QED) is 0.583. The molecule has 1 aromatic heterocycles. The molecule has 0 spiro atoms. The Hall–Kier alpha value is -2.97. The standard InChI is InChI=1S/C20H22BN5O2/c1-13-11-16-17(21(27)28)9-6-10-18(16)26(13)20-24-14(2)23-19(25-20)22-12-15-7-4-3-5-8-15/h3-10,13,27-28H,11-12H2,1-2H3,(H,22,23,24,25). The zero-order valence-corrected chi connectivity index (χ0v) is 15.9. The average molecular weight is 375 g/mol. The Kier molecular flexibility index (Phi) is 4.98. The molecule has 1 unspecified atom stereocenters. The molecule has 0 aliphatic carbocycles. The third kappa shape index (κ3) is 3.56. The summed E-state index contributed by atoms with van der Waals surface area (Å²) in [6.45, 7) is 4.54. The molecule has 0 radical (unpaired) electrons. The highest BCUT2D eigenvalue weighted by molar-refractivity contribution is 6.59. The van der Waals surface area contributed by atoms with E-state index in [0.29, 0.717) is 36.1 Å². The van der Waals surface area contributed by atoms with Gasteiger partial charge in [-0.1, -0.05) is 42.5 Å². The van der Waals surface area contributed by atoms with Gasteiger partial charge >= 0.3 is 7.12 Å². The number of aromatic nitrogens is 3. The Morgan fingerprint density at radius 2 is 1.86 bits per heavy atom. The van der Waals surface area contributed by atoms with Crippen molar-refractivity contribution in [2.24, 2.45) is 0 Å². The van der Waals surface area contributed by atoms with Gasteiger partial charge in [0.25, 0.3) is 0 Å². The molecule has 2 aromatic carbocycles. The topological polar surface area (TPSA) is 94.4 Å². The minimum atomic E-state index is -1.50. The van der Waals surface area contributed by atoms with Crippen LogP contribution in [0.25, 0.3) is 0 Å². The summed E-state index contributed by atoms with van der Waals surface area (Å²) in [5, 5.41) is 22.6. The van der Waals surface area contributed by atoms with Crippen molar-refractivity contribution in [2.75, 3.05) is 10.2 Å². The minimum Gasteiger partial charge on any atom is -0.423 e. The van der Waals surface area contributed by atoms with E-state index in [9.17, 15) is 10.0 Å². The first-order valence-corrected chi connectivity index (χ1v) is 9.30. The van der Waals surface area contributed by atoms with Crippen LogP contribution in [0.1, 0.15) is 23.9 Å². The summed E-state index contributed by atoms with van der Waals surface area (Å²) in [7, 11) is -1.50. The van der Waals surface area contributed by atoms with Gasteiger partial charge in [-0.15, -0.1) is 0 Å². The monoisotopic (exact) mass is 375 g/mol. The average Bonchev–Trinajstić information content (AvgIpc) is 3.02. The van der Waals surface area contributed by atoms with Gasteiger partial charge in [-0.25, -0.2) is 0 Å². The number of hydrogen-bond acceptors (Lipinski definition) is 7. The van der Waals surface area contributed by atoms with Gasteiger partial charge in [0.2, 0.25) is 11.9 Å². The van der Waals surface area contributed by atoms with Crippen molar-refractivity contribution in [3.05, 3.63) is 65.5 Å². The maximum atomic E-state index is 9.68. The molecule has 1 aliphatic heterocycles. The van der Waals surface area contributed by atoms with Crippen molar-refractivity contribution in [1.29, 1.82) is 0 Å². The molecule has 0 amide bonds. The third-order valence-electron chi connectivity index (χ3n) is 4.91. The number of aryl methyl sites for hydroxylation is 1. The number of fused-ring (bicyclic) bond motifs is 1. The van der Waals surface area contributed by atoms with E-state index in [1.54, 1.807) is 6.07 Å². The molecule has 8 heteroatoms. The van der Waals surface area contributed by atoms with E-state index in [0.717, 1.165) is 16.8 Å². The molecule has 1 atom stereocenters. The normalized spacial score (nSPS) is 15.4. The molecule has 4 rings (SSSR count). The molecule has 28 heavy (non-hydrogen) atoms. The first kappa shape index (κ1) is 18.4. The zero-order chi connectivity index (χ0) is 19.7. The van der Waals surface area contributed by atoms with Gasteiger partial charge < -0.3 is 20.3 Å². The largest absolute Gasteiger partial charge is 0.488 e. The van der Waals surface area contributed by atoms with E-state index in [-0.39, 0.29) is 6.04 Å². The summed E-state index contributed by atoms with van der Waals surface area (Å²) >= 11 is 0. The zero-order valence-electron chi connectivity index (χ0n) is 15.9. The van der Waals surface area contributed by atoms with Crippen LogP contribution in [0.5, 0.6) is 0 Å². The second-order valence-corrected chi connectivity index (χ2v) is 6.99. The molecular formula is C20H22BN5O2. The number of nitrogens with one attached hydrogen (secondary N) is 1. The second-order valence-electron chi connectivity index (χ2n) is 6.99. The highest BCUT2D eigenvalue weighted by Gasteiger charge is 2.33. The van der Waals surface area contributed by atoms with Gasteiger partial charge in [0.15, 0.2) is 0 Å². The van der Waals surface area contributed by atoms with Crippen molar-refractivity contribution >= 4 is 30.2 Å². The Labute approximate surface area is 164 Å². The number of hydrogen-bond donors (Lipinski definition) is 3.